The number of aromatic hydroxyl groups is 1. The third kappa shape index (κ3) is 3.18. The number of phenolic OH excluding ortho intramolecular Hbond substituents is 1. The number of benzene rings is 1. The smallest absolute Gasteiger partial charge is 0.115 e. The summed E-state index contributed by atoms with van der Waals surface area (Å²) >= 11 is 1.38. The molecule has 1 atom stereocenters. The Morgan fingerprint density at radius 3 is 2.65 bits per heavy atom. The number of nitrogens with zero attached hydrogens (tertiary/aromatic N) is 1. The van der Waals surface area contributed by atoms with Gasteiger partial charge in [0, 0.05) is 6.54 Å². The van der Waals surface area contributed by atoms with Gasteiger partial charge in [0.15, 0.2) is 0 Å². The molecule has 1 aromatic heterocycles. The van der Waals surface area contributed by atoms with E-state index in [9.17, 15) is 5.11 Å². The minimum atomic E-state index is -0.599. The van der Waals surface area contributed by atoms with Gasteiger partial charge in [0.2, 0.25) is 0 Å². The highest BCUT2D eigenvalue weighted by molar-refractivity contribution is 7.10. The second-order valence-electron chi connectivity index (χ2n) is 3.82. The molecule has 1 aromatic carbocycles. The summed E-state index contributed by atoms with van der Waals surface area (Å²) in [6, 6.07) is 8.48. The number of aliphatic hydroxyl groups is 1. The summed E-state index contributed by atoms with van der Waals surface area (Å²) in [5.41, 5.74) is 1.74. The summed E-state index contributed by atoms with van der Waals surface area (Å²) in [4.78, 5) is 0. The van der Waals surface area contributed by atoms with Gasteiger partial charge in [-0.1, -0.05) is 12.1 Å². The first kappa shape index (κ1) is 11.9. The van der Waals surface area contributed by atoms with Crippen LogP contribution in [-0.4, -0.2) is 21.1 Å². The number of hydrogen-bond donors (Lipinski definition) is 3. The summed E-state index contributed by atoms with van der Waals surface area (Å²) in [6.07, 6.45) is -0.599. The lowest BCUT2D eigenvalue weighted by Crippen LogP contribution is -2.11. The van der Waals surface area contributed by atoms with Crippen LogP contribution in [0.5, 0.6) is 5.75 Å². The van der Waals surface area contributed by atoms with Crippen molar-refractivity contribution in [3.63, 3.8) is 0 Å². The van der Waals surface area contributed by atoms with Gasteiger partial charge < -0.3 is 15.5 Å². The predicted octanol–water partition coefficient (Wildman–Crippen LogP) is 2.30. The molecule has 0 amide bonds. The Labute approximate surface area is 104 Å². The van der Waals surface area contributed by atoms with E-state index >= 15 is 0 Å². The first-order chi connectivity index (χ1) is 8.15. The third-order valence-electron chi connectivity index (χ3n) is 2.38. The quantitative estimate of drug-likeness (QED) is 0.779. The van der Waals surface area contributed by atoms with Crippen LogP contribution in [0.3, 0.4) is 0 Å². The Bertz CT molecular complexity index is 482. The minimum Gasteiger partial charge on any atom is -0.508 e. The van der Waals surface area contributed by atoms with Crippen molar-refractivity contribution < 1.29 is 10.2 Å². The van der Waals surface area contributed by atoms with Crippen molar-refractivity contribution in [1.29, 1.82) is 0 Å². The maximum absolute atomic E-state index is 9.92. The van der Waals surface area contributed by atoms with Crippen LogP contribution in [0.25, 0.3) is 0 Å². The molecule has 2 rings (SSSR count). The van der Waals surface area contributed by atoms with Crippen molar-refractivity contribution in [2.45, 2.75) is 13.0 Å². The van der Waals surface area contributed by atoms with Crippen LogP contribution < -0.4 is 5.32 Å². The van der Waals surface area contributed by atoms with Crippen molar-refractivity contribution in [2.24, 2.45) is 0 Å². The Morgan fingerprint density at radius 2 is 2.06 bits per heavy atom. The fraction of sp³-hybridized carbons (Fsp3) is 0.250. The average Bonchev–Trinajstić information content (AvgIpc) is 2.73. The number of aryl methyl sites for hydroxylation is 1. The summed E-state index contributed by atoms with van der Waals surface area (Å²) in [7, 11) is 0. The molecule has 0 aliphatic rings. The first-order valence-electron chi connectivity index (χ1n) is 5.29. The van der Waals surface area contributed by atoms with Gasteiger partial charge in [0.1, 0.15) is 10.8 Å². The molecule has 0 spiro atoms. The fourth-order valence-corrected chi connectivity index (χ4v) is 2.12. The molecular weight excluding hydrogens is 236 g/mol. The van der Waals surface area contributed by atoms with Crippen molar-refractivity contribution in [2.75, 3.05) is 11.9 Å². The van der Waals surface area contributed by atoms with Crippen LogP contribution in [-0.2, 0) is 0 Å². The maximum Gasteiger partial charge on any atom is 0.115 e. The summed E-state index contributed by atoms with van der Waals surface area (Å²) in [5, 5.41) is 23.1. The van der Waals surface area contributed by atoms with Crippen LogP contribution in [0.1, 0.15) is 17.4 Å². The van der Waals surface area contributed by atoms with E-state index in [0.717, 1.165) is 16.3 Å². The lowest BCUT2D eigenvalue weighted by Gasteiger charge is -2.11. The van der Waals surface area contributed by atoms with Gasteiger partial charge >= 0.3 is 0 Å². The zero-order valence-electron chi connectivity index (χ0n) is 9.42. The van der Waals surface area contributed by atoms with E-state index in [0.29, 0.717) is 6.54 Å². The number of aliphatic hydroxyl groups excluding tert-OH is 1. The molecule has 4 nitrogen and oxygen atoms in total. The molecule has 0 aliphatic carbocycles. The molecule has 2 aromatic rings. The molecule has 0 aliphatic heterocycles. The largest absolute Gasteiger partial charge is 0.508 e. The molecule has 0 radical (unpaired) electrons. The van der Waals surface area contributed by atoms with E-state index in [1.54, 1.807) is 24.3 Å². The molecule has 0 saturated carbocycles. The number of anilines is 1. The predicted molar refractivity (Wildman–Crippen MR) is 68.4 cm³/mol. The van der Waals surface area contributed by atoms with E-state index in [-0.39, 0.29) is 5.75 Å². The molecule has 90 valence electrons. The highest BCUT2D eigenvalue weighted by Gasteiger charge is 2.07. The standard InChI is InChI=1S/C12H14N2O2S/c1-8-6-12(17-14-8)13-7-11(16)9-2-4-10(15)5-3-9/h2-6,11,13,15-16H,7H2,1H3. The van der Waals surface area contributed by atoms with E-state index in [4.69, 9.17) is 5.11 Å². The Kier molecular flexibility index (Phi) is 3.61. The summed E-state index contributed by atoms with van der Waals surface area (Å²) < 4.78 is 4.14. The molecule has 5 heteroatoms. The normalized spacial score (nSPS) is 12.4. The average molecular weight is 250 g/mol. The van der Waals surface area contributed by atoms with Gasteiger partial charge in [-0.2, -0.15) is 4.37 Å². The van der Waals surface area contributed by atoms with Crippen molar-refractivity contribution in [3.8, 4) is 5.75 Å². The maximum atomic E-state index is 9.92. The molecule has 0 fully saturated rings. The highest BCUT2D eigenvalue weighted by atomic mass is 32.1. The SMILES string of the molecule is Cc1cc(NCC(O)c2ccc(O)cc2)sn1. The zero-order valence-corrected chi connectivity index (χ0v) is 10.2. The summed E-state index contributed by atoms with van der Waals surface area (Å²) in [6.45, 7) is 2.35. The van der Waals surface area contributed by atoms with Crippen LogP contribution in [0.15, 0.2) is 30.3 Å². The second kappa shape index (κ2) is 5.16. The van der Waals surface area contributed by atoms with Gasteiger partial charge in [-0.25, -0.2) is 0 Å². The van der Waals surface area contributed by atoms with E-state index in [2.05, 4.69) is 9.69 Å². The summed E-state index contributed by atoms with van der Waals surface area (Å²) in [5.74, 6) is 0.201. The Balaban J connectivity index is 1.93. The van der Waals surface area contributed by atoms with Crippen LogP contribution in [0.2, 0.25) is 0 Å². The molecule has 3 N–H and O–H groups in total. The number of hydrogen-bond acceptors (Lipinski definition) is 5. The number of nitrogens with one attached hydrogen (secondary N) is 1. The monoisotopic (exact) mass is 250 g/mol. The van der Waals surface area contributed by atoms with Crippen LogP contribution >= 0.6 is 11.5 Å². The van der Waals surface area contributed by atoms with Crippen molar-refractivity contribution in [3.05, 3.63) is 41.6 Å². The van der Waals surface area contributed by atoms with Crippen molar-refractivity contribution >= 4 is 16.5 Å². The number of aromatic nitrogens is 1. The van der Waals surface area contributed by atoms with Crippen LogP contribution in [0, 0.1) is 6.92 Å². The van der Waals surface area contributed by atoms with Gasteiger partial charge in [0.05, 0.1) is 11.8 Å². The van der Waals surface area contributed by atoms with Gasteiger partial charge in [-0.05, 0) is 42.2 Å². The third-order valence-corrected chi connectivity index (χ3v) is 3.21. The van der Waals surface area contributed by atoms with E-state index < -0.39 is 6.10 Å². The minimum absolute atomic E-state index is 0.201. The lowest BCUT2D eigenvalue weighted by atomic mass is 10.1. The highest BCUT2D eigenvalue weighted by Crippen LogP contribution is 2.19. The molecular formula is C12H14N2O2S. The number of phenols is 1. The van der Waals surface area contributed by atoms with Gasteiger partial charge in [-0.3, -0.25) is 0 Å². The molecule has 0 saturated heterocycles. The second-order valence-corrected chi connectivity index (χ2v) is 4.63. The Hall–Kier alpha value is -1.59. The lowest BCUT2D eigenvalue weighted by molar-refractivity contribution is 0.191. The Morgan fingerprint density at radius 1 is 1.35 bits per heavy atom. The first-order valence-corrected chi connectivity index (χ1v) is 6.06. The molecule has 17 heavy (non-hydrogen) atoms. The van der Waals surface area contributed by atoms with Crippen LogP contribution in [0.4, 0.5) is 5.00 Å². The van der Waals surface area contributed by atoms with Gasteiger partial charge in [0.25, 0.3) is 0 Å². The molecule has 1 heterocycles. The number of rotatable bonds is 4. The van der Waals surface area contributed by atoms with Crippen molar-refractivity contribution in [1.82, 2.24) is 4.37 Å². The van der Waals surface area contributed by atoms with E-state index in [1.807, 2.05) is 13.0 Å². The molecule has 1 unspecified atom stereocenters. The van der Waals surface area contributed by atoms with Gasteiger partial charge in [-0.15, -0.1) is 0 Å². The van der Waals surface area contributed by atoms with E-state index in [1.165, 1.54) is 11.5 Å². The molecule has 0 bridgehead atoms. The fourth-order valence-electron chi connectivity index (χ4n) is 1.46. The zero-order chi connectivity index (χ0) is 12.3. The topological polar surface area (TPSA) is 65.4 Å².